The highest BCUT2D eigenvalue weighted by Gasteiger charge is 2.67. The van der Waals surface area contributed by atoms with E-state index >= 15 is 0 Å². The van der Waals surface area contributed by atoms with E-state index in [9.17, 15) is 9.90 Å². The molecule has 1 saturated carbocycles. The molecule has 0 heterocycles. The van der Waals surface area contributed by atoms with Crippen molar-refractivity contribution in [1.82, 2.24) is 0 Å². The van der Waals surface area contributed by atoms with E-state index in [2.05, 4.69) is 12.2 Å². The van der Waals surface area contributed by atoms with Crippen LogP contribution < -0.4 is 0 Å². The number of methoxy groups -OCH3 is 1. The molecule has 0 spiro atoms. The molecule has 2 bridgehead atoms. The van der Waals surface area contributed by atoms with Crippen molar-refractivity contribution in [3.63, 3.8) is 0 Å². The largest absolute Gasteiger partial charge is 0.468 e. The smallest absolute Gasteiger partial charge is 0.323 e. The Labute approximate surface area is 118 Å². The second kappa shape index (κ2) is 4.38. The van der Waals surface area contributed by atoms with E-state index in [1.807, 2.05) is 12.3 Å². The fraction of sp³-hybridized carbons (Fsp3) is 0.667. The standard InChI is InChI=1S/C15H20O3S/c1-18-13(16)15(19-2)11-7-8-12(15)14(17,9-11)10-5-3-4-6-10/h5,7-8,11-12,17H,3-4,6,9H2,1-2H3/t11-,12-,14-,15-/m0/s1. The van der Waals surface area contributed by atoms with Gasteiger partial charge in [-0.1, -0.05) is 18.2 Å². The van der Waals surface area contributed by atoms with Crippen molar-refractivity contribution >= 4 is 17.7 Å². The lowest BCUT2D eigenvalue weighted by molar-refractivity contribution is -0.145. The zero-order chi connectivity index (χ0) is 13.7. The molecule has 4 heteroatoms. The van der Waals surface area contributed by atoms with E-state index in [0.717, 1.165) is 24.8 Å². The molecule has 1 fully saturated rings. The highest BCUT2D eigenvalue weighted by molar-refractivity contribution is 8.00. The van der Waals surface area contributed by atoms with Gasteiger partial charge in [-0.3, -0.25) is 4.79 Å². The van der Waals surface area contributed by atoms with Gasteiger partial charge in [0, 0.05) is 11.8 Å². The number of carbonyl (C=O) groups excluding carboxylic acids is 1. The Bertz CT molecular complexity index is 470. The number of allylic oxidation sites excluding steroid dienone is 2. The molecule has 0 saturated heterocycles. The summed E-state index contributed by atoms with van der Waals surface area (Å²) < 4.78 is 4.40. The first-order valence-electron chi connectivity index (χ1n) is 6.83. The van der Waals surface area contributed by atoms with Gasteiger partial charge < -0.3 is 9.84 Å². The number of ether oxygens (including phenoxy) is 1. The first-order valence-corrected chi connectivity index (χ1v) is 8.06. The van der Waals surface area contributed by atoms with Crippen molar-refractivity contribution in [3.05, 3.63) is 23.8 Å². The molecule has 104 valence electrons. The lowest BCUT2D eigenvalue weighted by atomic mass is 9.79. The van der Waals surface area contributed by atoms with Gasteiger partial charge in [-0.25, -0.2) is 0 Å². The molecule has 19 heavy (non-hydrogen) atoms. The van der Waals surface area contributed by atoms with Crippen LogP contribution in [0.25, 0.3) is 0 Å². The van der Waals surface area contributed by atoms with Crippen LogP contribution >= 0.6 is 11.8 Å². The highest BCUT2D eigenvalue weighted by atomic mass is 32.2. The van der Waals surface area contributed by atoms with Crippen molar-refractivity contribution < 1.29 is 14.6 Å². The molecule has 0 aromatic carbocycles. The van der Waals surface area contributed by atoms with Crippen LogP contribution in [-0.2, 0) is 9.53 Å². The molecule has 0 aromatic rings. The zero-order valence-electron chi connectivity index (χ0n) is 11.4. The molecule has 3 rings (SSSR count). The number of thioether (sulfide) groups is 1. The number of esters is 1. The van der Waals surface area contributed by atoms with Gasteiger partial charge in [0.05, 0.1) is 12.7 Å². The lowest BCUT2D eigenvalue weighted by Gasteiger charge is -2.35. The summed E-state index contributed by atoms with van der Waals surface area (Å²) in [6.07, 6.45) is 12.0. The minimum Gasteiger partial charge on any atom is -0.468 e. The fourth-order valence-corrected chi connectivity index (χ4v) is 5.39. The van der Waals surface area contributed by atoms with Crippen molar-refractivity contribution in [2.24, 2.45) is 11.8 Å². The van der Waals surface area contributed by atoms with E-state index in [0.29, 0.717) is 6.42 Å². The quantitative estimate of drug-likeness (QED) is 0.636. The monoisotopic (exact) mass is 280 g/mol. The van der Waals surface area contributed by atoms with Crippen LogP contribution in [0.2, 0.25) is 0 Å². The Morgan fingerprint density at radius 2 is 2.32 bits per heavy atom. The average Bonchev–Trinajstić information content (AvgIpc) is 3.11. The van der Waals surface area contributed by atoms with E-state index in [1.54, 1.807) is 0 Å². The Hall–Kier alpha value is -0.740. The molecule has 0 amide bonds. The van der Waals surface area contributed by atoms with Crippen LogP contribution in [0.3, 0.4) is 0 Å². The molecule has 3 nitrogen and oxygen atoms in total. The molecule has 1 N–H and O–H groups in total. The number of aliphatic hydroxyl groups is 1. The van der Waals surface area contributed by atoms with Crippen LogP contribution in [-0.4, -0.2) is 34.8 Å². The third-order valence-corrected chi connectivity index (χ3v) is 6.43. The summed E-state index contributed by atoms with van der Waals surface area (Å²) in [5, 5.41) is 11.2. The second-order valence-electron chi connectivity index (χ2n) is 5.71. The maximum Gasteiger partial charge on any atom is 0.323 e. The van der Waals surface area contributed by atoms with Gasteiger partial charge in [0.1, 0.15) is 4.75 Å². The summed E-state index contributed by atoms with van der Waals surface area (Å²) in [4.78, 5) is 12.3. The van der Waals surface area contributed by atoms with E-state index in [4.69, 9.17) is 4.74 Å². The van der Waals surface area contributed by atoms with Crippen molar-refractivity contribution in [2.45, 2.75) is 36.0 Å². The molecule has 0 aliphatic heterocycles. The normalized spacial score (nSPS) is 43.6. The predicted octanol–water partition coefficient (Wildman–Crippen LogP) is 2.31. The Balaban J connectivity index is 2.02. The highest BCUT2D eigenvalue weighted by Crippen LogP contribution is 2.62. The van der Waals surface area contributed by atoms with Crippen LogP contribution in [0.4, 0.5) is 0 Å². The number of fused-ring (bicyclic) bond motifs is 2. The molecule has 3 aliphatic carbocycles. The number of carbonyl (C=O) groups is 1. The Morgan fingerprint density at radius 1 is 1.53 bits per heavy atom. The summed E-state index contributed by atoms with van der Waals surface area (Å²) in [6, 6.07) is 0. The van der Waals surface area contributed by atoms with Gasteiger partial charge in [-0.05, 0) is 37.5 Å². The first-order chi connectivity index (χ1) is 9.09. The fourth-order valence-electron chi connectivity index (χ4n) is 4.15. The van der Waals surface area contributed by atoms with Gasteiger partial charge in [0.25, 0.3) is 0 Å². The molecule has 0 radical (unpaired) electrons. The zero-order valence-corrected chi connectivity index (χ0v) is 12.2. The molecular weight excluding hydrogens is 260 g/mol. The first kappa shape index (κ1) is 13.3. The van der Waals surface area contributed by atoms with Crippen molar-refractivity contribution in [1.29, 1.82) is 0 Å². The summed E-state index contributed by atoms with van der Waals surface area (Å²) in [6.45, 7) is 0. The second-order valence-corrected chi connectivity index (χ2v) is 6.79. The van der Waals surface area contributed by atoms with Gasteiger partial charge in [-0.2, -0.15) is 0 Å². The number of rotatable bonds is 3. The van der Waals surface area contributed by atoms with Crippen LogP contribution in [0, 0.1) is 11.8 Å². The molecule has 0 aromatic heterocycles. The van der Waals surface area contributed by atoms with Gasteiger partial charge >= 0.3 is 5.97 Å². The van der Waals surface area contributed by atoms with Crippen molar-refractivity contribution in [2.75, 3.05) is 13.4 Å². The van der Waals surface area contributed by atoms with Gasteiger partial charge in [0.2, 0.25) is 0 Å². The molecule has 4 atom stereocenters. The Kier molecular flexibility index (Phi) is 3.06. The van der Waals surface area contributed by atoms with Crippen molar-refractivity contribution in [3.8, 4) is 0 Å². The topological polar surface area (TPSA) is 46.5 Å². The van der Waals surface area contributed by atoms with Crippen LogP contribution in [0.5, 0.6) is 0 Å². The predicted molar refractivity (Wildman–Crippen MR) is 75.9 cm³/mol. The third kappa shape index (κ3) is 1.53. The summed E-state index contributed by atoms with van der Waals surface area (Å²) in [7, 11) is 1.44. The van der Waals surface area contributed by atoms with E-state index in [1.165, 1.54) is 18.9 Å². The van der Waals surface area contributed by atoms with Crippen LogP contribution in [0.15, 0.2) is 23.8 Å². The summed E-state index contributed by atoms with van der Waals surface area (Å²) in [5.41, 5.74) is 0.291. The van der Waals surface area contributed by atoms with E-state index in [-0.39, 0.29) is 17.8 Å². The molecular formula is C15H20O3S. The molecule has 0 unspecified atom stereocenters. The minimum absolute atomic E-state index is 0.0754. The summed E-state index contributed by atoms with van der Waals surface area (Å²) in [5.74, 6) is -0.280. The van der Waals surface area contributed by atoms with Gasteiger partial charge in [0.15, 0.2) is 0 Å². The lowest BCUT2D eigenvalue weighted by Crippen LogP contribution is -2.47. The SMILES string of the molecule is COC(=O)[C@@]1(SC)[C@H]2C=C[C@H]1C[C@]2(O)C1=CCCC1. The number of hydrogen-bond donors (Lipinski definition) is 1. The number of hydrogen-bond acceptors (Lipinski definition) is 4. The summed E-state index contributed by atoms with van der Waals surface area (Å²) >= 11 is 1.53. The van der Waals surface area contributed by atoms with Gasteiger partial charge in [-0.15, -0.1) is 11.8 Å². The Morgan fingerprint density at radius 3 is 2.89 bits per heavy atom. The van der Waals surface area contributed by atoms with Crippen LogP contribution in [0.1, 0.15) is 25.7 Å². The maximum absolute atomic E-state index is 12.3. The minimum atomic E-state index is -0.840. The third-order valence-electron chi connectivity index (χ3n) is 5.03. The maximum atomic E-state index is 12.3. The van der Waals surface area contributed by atoms with E-state index < -0.39 is 10.3 Å². The average molecular weight is 280 g/mol. The molecule has 3 aliphatic rings.